The lowest BCUT2D eigenvalue weighted by Gasteiger charge is -2.30. The van der Waals surface area contributed by atoms with E-state index in [4.69, 9.17) is 14.9 Å². The van der Waals surface area contributed by atoms with Crippen molar-refractivity contribution in [3.63, 3.8) is 0 Å². The summed E-state index contributed by atoms with van der Waals surface area (Å²) in [6.45, 7) is 1.23. The van der Waals surface area contributed by atoms with Gasteiger partial charge in [0.1, 0.15) is 17.8 Å². The van der Waals surface area contributed by atoms with Crippen molar-refractivity contribution in [1.82, 2.24) is 31.9 Å². The van der Waals surface area contributed by atoms with Gasteiger partial charge in [0.05, 0.1) is 25.9 Å². The van der Waals surface area contributed by atoms with Crippen molar-refractivity contribution in [1.29, 1.82) is 0 Å². The molecule has 1 saturated carbocycles. The fourth-order valence-corrected chi connectivity index (χ4v) is 5.94. The molecule has 6 amide bonds. The van der Waals surface area contributed by atoms with Crippen LogP contribution in [0.1, 0.15) is 49.0 Å². The van der Waals surface area contributed by atoms with Crippen LogP contribution in [0.4, 0.5) is 0 Å². The SMILES string of the molecule is NCCOCCNC(=O)[C@@H]1CCNC(=O)/C=C/C(=O)N[C@H]2CCC[C@@H](C2)C(=O)N[C@@H](Cc2ccco2)C(=O)NCc2ccccc2CC(=O)N1. The molecule has 2 bridgehead atoms. The molecule has 1 aliphatic heterocycles. The Hall–Kier alpha value is -5.02. The highest BCUT2D eigenvalue weighted by molar-refractivity contribution is 5.97. The van der Waals surface area contributed by atoms with Crippen LogP contribution in [-0.2, 0) is 52.9 Å². The molecule has 0 spiro atoms. The molecule has 0 unspecified atom stereocenters. The van der Waals surface area contributed by atoms with E-state index in [-0.39, 0.29) is 57.5 Å². The van der Waals surface area contributed by atoms with Gasteiger partial charge in [0.25, 0.3) is 0 Å². The molecule has 2 aliphatic rings. The van der Waals surface area contributed by atoms with Crippen molar-refractivity contribution in [3.05, 3.63) is 71.7 Å². The Kier molecular flexibility index (Phi) is 15.0. The van der Waals surface area contributed by atoms with Gasteiger partial charge in [0.15, 0.2) is 0 Å². The highest BCUT2D eigenvalue weighted by Gasteiger charge is 2.31. The Bertz CT molecular complexity index is 1500. The van der Waals surface area contributed by atoms with Crippen LogP contribution >= 0.6 is 0 Å². The van der Waals surface area contributed by atoms with Crippen molar-refractivity contribution in [2.75, 3.05) is 32.8 Å². The number of nitrogens with one attached hydrogen (secondary N) is 6. The largest absolute Gasteiger partial charge is 0.469 e. The molecule has 1 aromatic heterocycles. The van der Waals surface area contributed by atoms with Crippen LogP contribution < -0.4 is 37.6 Å². The highest BCUT2D eigenvalue weighted by Crippen LogP contribution is 2.25. The Morgan fingerprint density at radius 2 is 1.68 bits per heavy atom. The van der Waals surface area contributed by atoms with E-state index in [1.165, 1.54) is 6.26 Å². The first-order chi connectivity index (χ1) is 24.2. The van der Waals surface area contributed by atoms with E-state index < -0.39 is 47.5 Å². The summed E-state index contributed by atoms with van der Waals surface area (Å²) >= 11 is 0. The normalized spacial score (nSPS) is 23.6. The maximum Gasteiger partial charge on any atom is 0.244 e. The van der Waals surface area contributed by atoms with Gasteiger partial charge >= 0.3 is 0 Å². The van der Waals surface area contributed by atoms with Gasteiger partial charge in [0, 0.05) is 56.7 Å². The van der Waals surface area contributed by atoms with E-state index in [1.54, 1.807) is 36.4 Å². The number of fused-ring (bicyclic) bond motifs is 3. The van der Waals surface area contributed by atoms with Crippen LogP contribution in [0.2, 0.25) is 0 Å². The Morgan fingerprint density at radius 1 is 0.880 bits per heavy atom. The summed E-state index contributed by atoms with van der Waals surface area (Å²) in [4.78, 5) is 78.4. The standard InChI is InChI=1S/C35H47N7O8/c36-13-17-49-18-15-38-34(47)28-12-14-37-30(43)10-11-31(44)40-26-8-3-7-24(19-26)33(46)42-29(21-27-9-4-16-50-27)35(48)39-22-25-6-2-1-5-23(25)20-32(45)41-28/h1-2,4-6,9-11,16,24,26,28-29H,3,7-8,12-15,17-22,36H2,(H,37,43)(H,38,47)(H,39,48)(H,40,44)(H,41,45)(H,42,46)/b11-10+/t24-,26-,28-,29-/m0/s1. The van der Waals surface area contributed by atoms with Gasteiger partial charge in [-0.25, -0.2) is 0 Å². The van der Waals surface area contributed by atoms with Crippen LogP contribution in [0.3, 0.4) is 0 Å². The Labute approximate surface area is 290 Å². The molecule has 0 saturated heterocycles. The highest BCUT2D eigenvalue weighted by atomic mass is 16.5. The van der Waals surface area contributed by atoms with Gasteiger partial charge in [-0.1, -0.05) is 30.7 Å². The van der Waals surface area contributed by atoms with Crippen molar-refractivity contribution in [2.45, 2.75) is 69.6 Å². The average Bonchev–Trinajstić information content (AvgIpc) is 3.62. The molecule has 8 N–H and O–H groups in total. The molecule has 15 nitrogen and oxygen atoms in total. The molecule has 270 valence electrons. The molecule has 1 aromatic carbocycles. The van der Waals surface area contributed by atoms with E-state index in [0.29, 0.717) is 55.7 Å². The third-order valence-electron chi connectivity index (χ3n) is 8.51. The van der Waals surface area contributed by atoms with Crippen molar-refractivity contribution < 1.29 is 37.9 Å². The molecule has 0 radical (unpaired) electrons. The maximum atomic E-state index is 13.5. The summed E-state index contributed by atoms with van der Waals surface area (Å²) in [5.41, 5.74) is 6.74. The number of rotatable bonds is 8. The van der Waals surface area contributed by atoms with Crippen LogP contribution in [0.15, 0.2) is 59.2 Å². The predicted molar refractivity (Wildman–Crippen MR) is 182 cm³/mol. The van der Waals surface area contributed by atoms with Gasteiger partial charge in [-0.15, -0.1) is 0 Å². The number of carbonyl (C=O) groups excluding carboxylic acids is 6. The lowest BCUT2D eigenvalue weighted by Crippen LogP contribution is -2.51. The molecular formula is C35H47N7O8. The summed E-state index contributed by atoms with van der Waals surface area (Å²) < 4.78 is 10.8. The summed E-state index contributed by atoms with van der Waals surface area (Å²) in [6, 6.07) is 8.31. The third-order valence-corrected chi connectivity index (χ3v) is 8.51. The number of carbonyl (C=O) groups is 6. The van der Waals surface area contributed by atoms with Gasteiger partial charge in [-0.3, -0.25) is 28.8 Å². The van der Waals surface area contributed by atoms with Gasteiger partial charge in [-0.2, -0.15) is 0 Å². The number of benzene rings is 1. The van der Waals surface area contributed by atoms with Crippen LogP contribution in [-0.4, -0.2) is 86.4 Å². The minimum absolute atomic E-state index is 0.0358. The smallest absolute Gasteiger partial charge is 0.244 e. The Morgan fingerprint density at radius 3 is 2.46 bits per heavy atom. The first-order valence-corrected chi connectivity index (χ1v) is 17.0. The zero-order valence-electron chi connectivity index (χ0n) is 28.0. The van der Waals surface area contributed by atoms with E-state index >= 15 is 0 Å². The van der Waals surface area contributed by atoms with Crippen molar-refractivity contribution in [2.24, 2.45) is 11.7 Å². The topological polar surface area (TPSA) is 223 Å². The van der Waals surface area contributed by atoms with Crippen LogP contribution in [0.5, 0.6) is 0 Å². The lowest BCUT2D eigenvalue weighted by molar-refractivity contribution is -0.132. The first kappa shape index (κ1) is 37.8. The molecule has 15 heteroatoms. The van der Waals surface area contributed by atoms with E-state index in [0.717, 1.165) is 12.2 Å². The van der Waals surface area contributed by atoms with Gasteiger partial charge in [0.2, 0.25) is 35.4 Å². The molecule has 1 aliphatic carbocycles. The Balaban J connectivity index is 1.53. The second-order valence-corrected chi connectivity index (χ2v) is 12.3. The fourth-order valence-electron chi connectivity index (χ4n) is 5.94. The molecule has 2 aromatic rings. The average molecular weight is 694 g/mol. The predicted octanol–water partition coefficient (Wildman–Crippen LogP) is -0.507. The first-order valence-electron chi connectivity index (χ1n) is 17.0. The van der Waals surface area contributed by atoms with E-state index in [1.807, 2.05) is 0 Å². The monoisotopic (exact) mass is 693 g/mol. The molecule has 50 heavy (non-hydrogen) atoms. The number of nitrogens with two attached hydrogens (primary N) is 1. The van der Waals surface area contributed by atoms with Crippen LogP contribution in [0, 0.1) is 5.92 Å². The van der Waals surface area contributed by atoms with Crippen molar-refractivity contribution >= 4 is 35.4 Å². The number of ether oxygens (including phenoxy) is 1. The fraction of sp³-hybridized carbons (Fsp3) is 0.486. The number of furan rings is 1. The summed E-state index contributed by atoms with van der Waals surface area (Å²) in [5.74, 6) is -2.58. The number of hydrogen-bond acceptors (Lipinski definition) is 9. The second kappa shape index (κ2) is 19.8. The maximum absolute atomic E-state index is 13.5. The minimum atomic E-state index is -0.983. The lowest BCUT2D eigenvalue weighted by atomic mass is 9.85. The summed E-state index contributed by atoms with van der Waals surface area (Å²) in [7, 11) is 0. The minimum Gasteiger partial charge on any atom is -0.469 e. The quantitative estimate of drug-likeness (QED) is 0.177. The molecule has 4 rings (SSSR count). The summed E-state index contributed by atoms with van der Waals surface area (Å²) in [6.07, 6.45) is 6.15. The van der Waals surface area contributed by atoms with Crippen LogP contribution in [0.25, 0.3) is 0 Å². The van der Waals surface area contributed by atoms with E-state index in [2.05, 4.69) is 31.9 Å². The zero-order chi connectivity index (χ0) is 35.7. The molecule has 1 fully saturated rings. The zero-order valence-corrected chi connectivity index (χ0v) is 28.0. The molecule has 2 heterocycles. The third kappa shape index (κ3) is 12.5. The molecule has 4 atom stereocenters. The number of amides is 6. The number of hydrogen-bond donors (Lipinski definition) is 7. The van der Waals surface area contributed by atoms with Gasteiger partial charge in [-0.05, 0) is 48.9 Å². The molecular weight excluding hydrogens is 646 g/mol. The second-order valence-electron chi connectivity index (χ2n) is 12.3. The van der Waals surface area contributed by atoms with Gasteiger partial charge < -0.3 is 46.8 Å². The summed E-state index contributed by atoms with van der Waals surface area (Å²) in [5, 5.41) is 16.8. The van der Waals surface area contributed by atoms with E-state index in [9.17, 15) is 28.8 Å². The van der Waals surface area contributed by atoms with Crippen molar-refractivity contribution in [3.8, 4) is 0 Å².